The van der Waals surface area contributed by atoms with Crippen molar-refractivity contribution >= 4 is 11.8 Å². The second-order valence-corrected chi connectivity index (χ2v) is 9.88. The monoisotopic (exact) mass is 563 g/mol. The van der Waals surface area contributed by atoms with Crippen LogP contribution in [0.3, 0.4) is 0 Å². The Hall–Kier alpha value is -4.06. The fourth-order valence-electron chi connectivity index (χ4n) is 4.87. The molecule has 2 amide bonds. The van der Waals surface area contributed by atoms with Crippen molar-refractivity contribution in [3.05, 3.63) is 83.9 Å². The zero-order valence-electron chi connectivity index (χ0n) is 23.8. The number of para-hydroxylation sites is 1. The number of methoxy groups -OCH3 is 2. The van der Waals surface area contributed by atoms with Crippen molar-refractivity contribution in [1.82, 2.24) is 24.5 Å². The number of nitrogens with two attached hydrogens (primary N) is 1. The van der Waals surface area contributed by atoms with Gasteiger partial charge in [-0.3, -0.25) is 10.00 Å². The Bertz CT molecular complexity index is 1410. The van der Waals surface area contributed by atoms with E-state index < -0.39 is 6.03 Å². The summed E-state index contributed by atoms with van der Waals surface area (Å²) in [6.45, 7) is 6.98. The molecule has 0 saturated carbocycles. The lowest BCUT2D eigenvalue weighted by Gasteiger charge is -2.15. The van der Waals surface area contributed by atoms with Crippen LogP contribution >= 0.6 is 0 Å². The third-order valence-electron chi connectivity index (χ3n) is 7.00. The number of amides is 2. The first-order chi connectivity index (χ1) is 19.9. The molecule has 218 valence electrons. The van der Waals surface area contributed by atoms with Crippen molar-refractivity contribution < 1.29 is 18.7 Å². The van der Waals surface area contributed by atoms with Crippen molar-refractivity contribution in [3.63, 3.8) is 0 Å². The molecule has 1 unspecified atom stereocenters. The van der Waals surface area contributed by atoms with Crippen LogP contribution in [-0.2, 0) is 16.0 Å². The van der Waals surface area contributed by atoms with E-state index in [0.717, 1.165) is 60.7 Å². The number of rotatable bonds is 10. The maximum absolute atomic E-state index is 13.1. The minimum Gasteiger partial charge on any atom is -0.383 e. The fraction of sp³-hybridized carbons (Fsp3) is 0.367. The summed E-state index contributed by atoms with van der Waals surface area (Å²) in [5.74, 6) is 0.888. The molecular weight excluding hydrogens is 525 g/mol. The number of carbonyl (C=O) groups is 1. The van der Waals surface area contributed by atoms with Crippen LogP contribution in [0, 0.1) is 12.7 Å². The Morgan fingerprint density at radius 1 is 1.10 bits per heavy atom. The van der Waals surface area contributed by atoms with Gasteiger partial charge in [0.05, 0.1) is 31.6 Å². The number of nitrogens with zero attached hydrogens (tertiary/aromatic N) is 5. The summed E-state index contributed by atoms with van der Waals surface area (Å²) in [5, 5.41) is 11.6. The number of ether oxygens (including phenoxy) is 2. The lowest BCUT2D eigenvalue weighted by Crippen LogP contribution is -2.24. The van der Waals surface area contributed by atoms with Gasteiger partial charge in [0.25, 0.3) is 0 Å². The molecule has 0 aliphatic carbocycles. The topological polar surface area (TPSA) is 112 Å². The van der Waals surface area contributed by atoms with Gasteiger partial charge >= 0.3 is 6.03 Å². The standard InChI is InChI=1S/C17H20N6O2.C13H18FNO/c1-12-15(13-10-19-22(11-13)8-9-25-2)21-23(16(12)20-17(18)24)14-6-4-3-5-7-14;1-16-8-7-15-6-5-12(10-15)11-3-2-4-13(14)9-11/h3-7,10-11H,8-9H2,1-2H3,(H3,18,20,24);2-4,9,12H,5-8,10H2,1H3. The number of hydrogen-bond donors (Lipinski definition) is 2. The van der Waals surface area contributed by atoms with Crippen molar-refractivity contribution in [2.24, 2.45) is 5.73 Å². The molecular formula is C30H38FN7O3. The molecule has 2 aromatic heterocycles. The predicted molar refractivity (Wildman–Crippen MR) is 157 cm³/mol. The number of carbonyl (C=O) groups excluding carboxylic acids is 1. The number of aromatic nitrogens is 4. The SMILES string of the molecule is COCCN1CCC(c2cccc(F)c2)C1.COCCn1cc(-c2nn(-c3ccccc3)c(NC(N)=O)c2C)cn1. The highest BCUT2D eigenvalue weighted by molar-refractivity contribution is 5.89. The lowest BCUT2D eigenvalue weighted by molar-refractivity contribution is 0.160. The summed E-state index contributed by atoms with van der Waals surface area (Å²) in [7, 11) is 3.37. The number of hydrogen-bond acceptors (Lipinski definition) is 6. The molecule has 0 bridgehead atoms. The first kappa shape index (κ1) is 29.9. The van der Waals surface area contributed by atoms with Crippen LogP contribution in [0.4, 0.5) is 15.0 Å². The number of primary amides is 1. The Morgan fingerprint density at radius 3 is 2.56 bits per heavy atom. The Kier molecular flexibility index (Phi) is 10.6. The largest absolute Gasteiger partial charge is 0.383 e. The van der Waals surface area contributed by atoms with Gasteiger partial charge in [0, 0.05) is 44.6 Å². The summed E-state index contributed by atoms with van der Waals surface area (Å²) in [5.41, 5.74) is 9.68. The minimum absolute atomic E-state index is 0.132. The number of urea groups is 1. The Labute approximate surface area is 239 Å². The number of likely N-dealkylation sites (tertiary alicyclic amines) is 1. The van der Waals surface area contributed by atoms with Gasteiger partial charge in [-0.25, -0.2) is 13.9 Å². The van der Waals surface area contributed by atoms with E-state index in [-0.39, 0.29) is 5.82 Å². The third kappa shape index (κ3) is 8.00. The van der Waals surface area contributed by atoms with E-state index in [0.29, 0.717) is 24.9 Å². The molecule has 3 heterocycles. The summed E-state index contributed by atoms with van der Waals surface area (Å²) in [4.78, 5) is 13.8. The van der Waals surface area contributed by atoms with Crippen molar-refractivity contribution in [3.8, 4) is 16.9 Å². The summed E-state index contributed by atoms with van der Waals surface area (Å²) in [6, 6.07) is 15.9. The first-order valence-electron chi connectivity index (χ1n) is 13.6. The molecule has 1 aliphatic rings. The van der Waals surface area contributed by atoms with E-state index in [1.165, 1.54) is 6.07 Å². The summed E-state index contributed by atoms with van der Waals surface area (Å²) >= 11 is 0. The molecule has 11 heteroatoms. The van der Waals surface area contributed by atoms with Crippen LogP contribution in [0.5, 0.6) is 0 Å². The lowest BCUT2D eigenvalue weighted by atomic mass is 9.98. The van der Waals surface area contributed by atoms with E-state index >= 15 is 0 Å². The second-order valence-electron chi connectivity index (χ2n) is 9.88. The number of anilines is 1. The van der Waals surface area contributed by atoms with Gasteiger partial charge < -0.3 is 20.1 Å². The minimum atomic E-state index is -0.637. The molecule has 0 radical (unpaired) electrons. The number of nitrogens with one attached hydrogen (secondary N) is 1. The normalized spacial score (nSPS) is 15.0. The molecule has 3 N–H and O–H groups in total. The average molecular weight is 564 g/mol. The van der Waals surface area contributed by atoms with Crippen LogP contribution < -0.4 is 11.1 Å². The van der Waals surface area contributed by atoms with Gasteiger partial charge in [-0.2, -0.15) is 10.2 Å². The van der Waals surface area contributed by atoms with E-state index in [1.54, 1.807) is 41.9 Å². The average Bonchev–Trinajstić information content (AvgIpc) is 3.71. The summed E-state index contributed by atoms with van der Waals surface area (Å²) < 4.78 is 26.7. The van der Waals surface area contributed by atoms with E-state index in [2.05, 4.69) is 20.4 Å². The zero-order chi connectivity index (χ0) is 29.2. The van der Waals surface area contributed by atoms with Crippen LogP contribution in [-0.4, -0.2) is 77.6 Å². The zero-order valence-corrected chi connectivity index (χ0v) is 23.8. The molecule has 0 spiro atoms. The highest BCUT2D eigenvalue weighted by atomic mass is 19.1. The van der Waals surface area contributed by atoms with Gasteiger partial charge in [-0.05, 0) is 55.6 Å². The first-order valence-corrected chi connectivity index (χ1v) is 13.6. The quantitative estimate of drug-likeness (QED) is 0.295. The Balaban J connectivity index is 0.000000208. The van der Waals surface area contributed by atoms with Gasteiger partial charge in [-0.1, -0.05) is 30.3 Å². The predicted octanol–water partition coefficient (Wildman–Crippen LogP) is 4.44. The fourth-order valence-corrected chi connectivity index (χ4v) is 4.87. The Morgan fingerprint density at radius 2 is 1.85 bits per heavy atom. The van der Waals surface area contributed by atoms with Gasteiger partial charge in [0.15, 0.2) is 0 Å². The highest BCUT2D eigenvalue weighted by Gasteiger charge is 2.23. The molecule has 4 aromatic rings. The van der Waals surface area contributed by atoms with Crippen molar-refractivity contribution in [1.29, 1.82) is 0 Å². The molecule has 1 aliphatic heterocycles. The molecule has 10 nitrogen and oxygen atoms in total. The number of benzene rings is 2. The van der Waals surface area contributed by atoms with E-state index in [9.17, 15) is 9.18 Å². The van der Waals surface area contributed by atoms with Crippen molar-refractivity contribution in [2.45, 2.75) is 25.8 Å². The molecule has 1 atom stereocenters. The van der Waals surface area contributed by atoms with Gasteiger partial charge in [0.2, 0.25) is 0 Å². The van der Waals surface area contributed by atoms with Crippen LogP contribution in [0.2, 0.25) is 0 Å². The molecule has 41 heavy (non-hydrogen) atoms. The highest BCUT2D eigenvalue weighted by Crippen LogP contribution is 2.30. The molecule has 2 aromatic carbocycles. The molecule has 1 saturated heterocycles. The summed E-state index contributed by atoms with van der Waals surface area (Å²) in [6.07, 6.45) is 4.76. The van der Waals surface area contributed by atoms with Gasteiger partial charge in [-0.15, -0.1) is 0 Å². The van der Waals surface area contributed by atoms with E-state index in [4.69, 9.17) is 15.2 Å². The smallest absolute Gasteiger partial charge is 0.317 e. The maximum Gasteiger partial charge on any atom is 0.317 e. The molecule has 1 fully saturated rings. The van der Waals surface area contributed by atoms with Crippen LogP contribution in [0.1, 0.15) is 23.5 Å². The second kappa shape index (κ2) is 14.5. The van der Waals surface area contributed by atoms with Gasteiger partial charge in [0.1, 0.15) is 17.3 Å². The van der Waals surface area contributed by atoms with Crippen molar-refractivity contribution in [2.75, 3.05) is 52.4 Å². The van der Waals surface area contributed by atoms with E-state index in [1.807, 2.05) is 49.5 Å². The third-order valence-corrected chi connectivity index (χ3v) is 7.00. The van der Waals surface area contributed by atoms with Crippen LogP contribution in [0.25, 0.3) is 16.9 Å². The van der Waals surface area contributed by atoms with Crippen LogP contribution in [0.15, 0.2) is 67.0 Å². The maximum atomic E-state index is 13.1. The molecule has 5 rings (SSSR count). The number of halogens is 1.